The Morgan fingerprint density at radius 3 is 2.83 bits per heavy atom. The van der Waals surface area contributed by atoms with Crippen molar-refractivity contribution in [2.75, 3.05) is 20.2 Å². The molecule has 184 valence electrons. The lowest BCUT2D eigenvalue weighted by Gasteiger charge is -2.36. The van der Waals surface area contributed by atoms with Crippen molar-refractivity contribution in [3.8, 4) is 11.8 Å². The number of nitriles is 1. The zero-order valence-corrected chi connectivity index (χ0v) is 19.9. The average molecular weight is 486 g/mol. The highest BCUT2D eigenvalue weighted by molar-refractivity contribution is 6.02. The molecule has 5 rings (SSSR count). The van der Waals surface area contributed by atoms with Crippen LogP contribution in [0.25, 0.3) is 10.9 Å². The Labute approximate surface area is 208 Å². The summed E-state index contributed by atoms with van der Waals surface area (Å²) >= 11 is 0. The lowest BCUT2D eigenvalue weighted by molar-refractivity contribution is -0.127. The Hall–Kier alpha value is -4.32. The minimum absolute atomic E-state index is 0.0986. The van der Waals surface area contributed by atoms with Gasteiger partial charge in [-0.3, -0.25) is 14.4 Å². The molecule has 0 bridgehead atoms. The molecule has 0 saturated carbocycles. The number of nitrogens with zero attached hydrogens (tertiary/aromatic N) is 2. The number of aromatic amines is 1. The van der Waals surface area contributed by atoms with E-state index in [2.05, 4.69) is 21.7 Å². The number of fused-ring (bicyclic) bond motifs is 2. The van der Waals surface area contributed by atoms with Gasteiger partial charge in [-0.05, 0) is 48.6 Å². The molecule has 3 heterocycles. The molecule has 0 unspecified atom stereocenters. The van der Waals surface area contributed by atoms with E-state index in [1.54, 1.807) is 18.1 Å². The van der Waals surface area contributed by atoms with E-state index in [4.69, 9.17) is 4.74 Å². The summed E-state index contributed by atoms with van der Waals surface area (Å²) < 4.78 is 5.42. The van der Waals surface area contributed by atoms with Crippen molar-refractivity contribution in [3.05, 3.63) is 65.4 Å². The van der Waals surface area contributed by atoms with E-state index in [0.717, 1.165) is 22.0 Å². The zero-order chi connectivity index (χ0) is 25.2. The minimum Gasteiger partial charge on any atom is -0.496 e. The van der Waals surface area contributed by atoms with Gasteiger partial charge in [0.25, 0.3) is 5.91 Å². The first-order chi connectivity index (χ1) is 17.5. The summed E-state index contributed by atoms with van der Waals surface area (Å²) in [6, 6.07) is 15.2. The molecule has 2 aromatic carbocycles. The third kappa shape index (κ3) is 4.26. The Morgan fingerprint density at radius 2 is 2.08 bits per heavy atom. The fraction of sp³-hybridized carbons (Fsp3) is 0.333. The summed E-state index contributed by atoms with van der Waals surface area (Å²) in [6.07, 6.45) is 1.48. The molecule has 2 aliphatic heterocycles. The van der Waals surface area contributed by atoms with E-state index in [1.807, 2.05) is 42.5 Å². The quantitative estimate of drug-likeness (QED) is 0.494. The van der Waals surface area contributed by atoms with E-state index in [9.17, 15) is 19.6 Å². The van der Waals surface area contributed by atoms with Crippen LogP contribution >= 0.6 is 0 Å². The third-order valence-electron chi connectivity index (χ3n) is 7.02. The summed E-state index contributed by atoms with van der Waals surface area (Å²) in [6.45, 7) is 0.922. The predicted molar refractivity (Wildman–Crippen MR) is 132 cm³/mol. The number of carbonyl (C=O) groups excluding carboxylic acids is 3. The van der Waals surface area contributed by atoms with Gasteiger partial charge in [-0.25, -0.2) is 0 Å². The summed E-state index contributed by atoms with van der Waals surface area (Å²) in [4.78, 5) is 44.0. The van der Waals surface area contributed by atoms with Gasteiger partial charge in [-0.15, -0.1) is 0 Å². The maximum absolute atomic E-state index is 13.7. The number of methoxy groups -OCH3 is 1. The van der Waals surface area contributed by atoms with Gasteiger partial charge in [0.2, 0.25) is 11.8 Å². The zero-order valence-electron chi connectivity index (χ0n) is 19.9. The van der Waals surface area contributed by atoms with E-state index < -0.39 is 18.0 Å². The predicted octanol–water partition coefficient (Wildman–Crippen LogP) is 2.45. The monoisotopic (exact) mass is 485 g/mol. The van der Waals surface area contributed by atoms with Gasteiger partial charge in [-0.1, -0.05) is 30.3 Å². The van der Waals surface area contributed by atoms with Crippen LogP contribution < -0.4 is 15.4 Å². The SMILES string of the molecule is COc1cccc2[nH]c(C(=O)N3CCc4ccccc4[C@H]3C(=O)N[C@H](C#N)C[C@@H]3CCNC3=O)cc12. The van der Waals surface area contributed by atoms with Crippen molar-refractivity contribution in [1.29, 1.82) is 5.26 Å². The molecule has 3 atom stereocenters. The normalized spacial score (nSPS) is 19.8. The van der Waals surface area contributed by atoms with Crippen LogP contribution in [-0.4, -0.2) is 53.8 Å². The van der Waals surface area contributed by atoms with E-state index in [0.29, 0.717) is 37.4 Å². The minimum atomic E-state index is -0.899. The standard InChI is InChI=1S/C27H27N5O4/c1-36-23-8-4-7-21-20(23)14-22(31-21)27(35)32-12-10-16-5-2-3-6-19(16)24(32)26(34)30-18(15-28)13-17-9-11-29-25(17)33/h2-8,14,17-18,24,31H,9-13H2,1H3,(H,29,33)(H,30,34)/t17-,18-,24-/m0/s1. The first-order valence-corrected chi connectivity index (χ1v) is 12.0. The summed E-state index contributed by atoms with van der Waals surface area (Å²) in [5.74, 6) is -0.513. The van der Waals surface area contributed by atoms with E-state index >= 15 is 0 Å². The smallest absolute Gasteiger partial charge is 0.271 e. The number of rotatable bonds is 6. The Bertz CT molecular complexity index is 1370. The second kappa shape index (κ2) is 9.74. The van der Waals surface area contributed by atoms with Gasteiger partial charge in [0.15, 0.2) is 0 Å². The average Bonchev–Trinajstić information content (AvgIpc) is 3.52. The highest BCUT2D eigenvalue weighted by atomic mass is 16.5. The van der Waals surface area contributed by atoms with Gasteiger partial charge < -0.3 is 25.3 Å². The van der Waals surface area contributed by atoms with E-state index in [1.165, 1.54) is 0 Å². The molecule has 3 aromatic rings. The maximum Gasteiger partial charge on any atom is 0.271 e. The van der Waals surface area contributed by atoms with E-state index in [-0.39, 0.29) is 24.2 Å². The van der Waals surface area contributed by atoms with Crippen LogP contribution in [0.4, 0.5) is 0 Å². The molecule has 9 heteroatoms. The molecule has 1 aromatic heterocycles. The van der Waals surface area contributed by atoms with Crippen molar-refractivity contribution >= 4 is 28.6 Å². The number of amides is 3. The molecule has 3 N–H and O–H groups in total. The number of benzene rings is 2. The van der Waals surface area contributed by atoms with Crippen molar-refractivity contribution in [1.82, 2.24) is 20.5 Å². The fourth-order valence-electron chi connectivity index (χ4n) is 5.19. The molecule has 2 aliphatic rings. The van der Waals surface area contributed by atoms with Crippen LogP contribution in [0.2, 0.25) is 0 Å². The molecule has 3 amide bonds. The Kier molecular flexibility index (Phi) is 6.34. The topological polar surface area (TPSA) is 127 Å². The van der Waals surface area contributed by atoms with Crippen molar-refractivity contribution in [2.24, 2.45) is 5.92 Å². The molecule has 0 aliphatic carbocycles. The second-order valence-corrected chi connectivity index (χ2v) is 9.16. The van der Waals surface area contributed by atoms with Gasteiger partial charge in [0.1, 0.15) is 23.5 Å². The van der Waals surface area contributed by atoms with Crippen molar-refractivity contribution in [3.63, 3.8) is 0 Å². The number of aromatic nitrogens is 1. The number of hydrogen-bond donors (Lipinski definition) is 3. The highest BCUT2D eigenvalue weighted by Crippen LogP contribution is 2.33. The van der Waals surface area contributed by atoms with Crippen LogP contribution in [0, 0.1) is 17.2 Å². The maximum atomic E-state index is 13.7. The number of ether oxygens (including phenoxy) is 1. The van der Waals surface area contributed by atoms with Crippen LogP contribution in [-0.2, 0) is 16.0 Å². The van der Waals surface area contributed by atoms with Gasteiger partial charge in [-0.2, -0.15) is 5.26 Å². The Balaban J connectivity index is 1.44. The number of H-pyrrole nitrogens is 1. The first kappa shape index (κ1) is 23.4. The van der Waals surface area contributed by atoms with Crippen molar-refractivity contribution < 1.29 is 19.1 Å². The van der Waals surface area contributed by atoms with Crippen LogP contribution in [0.15, 0.2) is 48.5 Å². The molecule has 1 saturated heterocycles. The lowest BCUT2D eigenvalue weighted by atomic mass is 9.91. The van der Waals surface area contributed by atoms with Crippen LogP contribution in [0.3, 0.4) is 0 Å². The summed E-state index contributed by atoms with van der Waals surface area (Å²) in [5, 5.41) is 16.0. The second-order valence-electron chi connectivity index (χ2n) is 9.16. The van der Waals surface area contributed by atoms with Crippen molar-refractivity contribution in [2.45, 2.75) is 31.3 Å². The third-order valence-corrected chi connectivity index (χ3v) is 7.02. The van der Waals surface area contributed by atoms with Crippen LogP contribution in [0.1, 0.15) is 40.5 Å². The molecule has 0 radical (unpaired) electrons. The molecule has 0 spiro atoms. The van der Waals surface area contributed by atoms with Gasteiger partial charge >= 0.3 is 0 Å². The molecular weight excluding hydrogens is 458 g/mol. The molecule has 9 nitrogen and oxygen atoms in total. The lowest BCUT2D eigenvalue weighted by Crippen LogP contribution is -2.49. The number of nitrogens with one attached hydrogen (secondary N) is 3. The van der Waals surface area contributed by atoms with Crippen LogP contribution in [0.5, 0.6) is 5.75 Å². The molecule has 1 fully saturated rings. The Morgan fingerprint density at radius 1 is 1.25 bits per heavy atom. The molecular formula is C27H27N5O4. The largest absolute Gasteiger partial charge is 0.496 e. The summed E-state index contributed by atoms with van der Waals surface area (Å²) in [5.41, 5.74) is 2.84. The molecule has 36 heavy (non-hydrogen) atoms. The van der Waals surface area contributed by atoms with Gasteiger partial charge in [0.05, 0.1) is 13.2 Å². The highest BCUT2D eigenvalue weighted by Gasteiger charge is 2.38. The summed E-state index contributed by atoms with van der Waals surface area (Å²) in [7, 11) is 1.58. The first-order valence-electron chi connectivity index (χ1n) is 12.0. The number of hydrogen-bond acceptors (Lipinski definition) is 5. The number of carbonyl (C=O) groups is 3. The van der Waals surface area contributed by atoms with Gasteiger partial charge in [0, 0.05) is 29.9 Å². The fourth-order valence-corrected chi connectivity index (χ4v) is 5.19.